The first kappa shape index (κ1) is 26.3. The lowest BCUT2D eigenvalue weighted by Crippen LogP contribution is -2.55. The lowest BCUT2D eigenvalue weighted by Gasteiger charge is -2.36. The molecule has 1 heterocycles. The largest absolute Gasteiger partial charge is 0.497 e. The minimum atomic E-state index is -0.653. The normalized spacial score (nSPS) is 15.7. The molecule has 1 saturated heterocycles. The Balaban J connectivity index is 1.61. The van der Waals surface area contributed by atoms with Crippen molar-refractivity contribution in [1.29, 1.82) is 0 Å². The number of ether oxygens (including phenoxy) is 1. The van der Waals surface area contributed by atoms with Gasteiger partial charge in [0.2, 0.25) is 11.8 Å². The fraction of sp³-hybridized carbons (Fsp3) is 0.464. The molecule has 35 heavy (non-hydrogen) atoms. The number of amides is 3. The van der Waals surface area contributed by atoms with Crippen LogP contribution < -0.4 is 15.4 Å². The van der Waals surface area contributed by atoms with Gasteiger partial charge in [0.1, 0.15) is 11.8 Å². The Bertz CT molecular complexity index is 969. The third-order valence-electron chi connectivity index (χ3n) is 6.76. The number of hydrogen-bond acceptors (Lipinski definition) is 4. The fourth-order valence-electron chi connectivity index (χ4n) is 4.34. The molecule has 0 unspecified atom stereocenters. The Hall–Kier alpha value is -3.35. The summed E-state index contributed by atoms with van der Waals surface area (Å²) in [5, 5.41) is 5.99. The summed E-state index contributed by atoms with van der Waals surface area (Å²) in [6.45, 7) is 5.14. The van der Waals surface area contributed by atoms with E-state index < -0.39 is 6.04 Å². The van der Waals surface area contributed by atoms with E-state index in [4.69, 9.17) is 4.74 Å². The molecule has 1 fully saturated rings. The van der Waals surface area contributed by atoms with Crippen LogP contribution in [-0.2, 0) is 16.0 Å². The van der Waals surface area contributed by atoms with Crippen LogP contribution >= 0.6 is 0 Å². The molecule has 7 heteroatoms. The van der Waals surface area contributed by atoms with Gasteiger partial charge in [0, 0.05) is 31.1 Å². The zero-order valence-electron chi connectivity index (χ0n) is 21.0. The molecule has 3 rings (SSSR count). The van der Waals surface area contributed by atoms with E-state index in [1.807, 2.05) is 49.1 Å². The summed E-state index contributed by atoms with van der Waals surface area (Å²) in [5.74, 6) is 0.292. The number of nitrogens with zero attached hydrogens (tertiary/aromatic N) is 1. The molecule has 1 aliphatic heterocycles. The van der Waals surface area contributed by atoms with Crippen molar-refractivity contribution in [3.63, 3.8) is 0 Å². The molecule has 0 spiro atoms. The van der Waals surface area contributed by atoms with E-state index in [0.29, 0.717) is 43.7 Å². The highest BCUT2D eigenvalue weighted by atomic mass is 16.5. The molecule has 2 N–H and O–H groups in total. The lowest BCUT2D eigenvalue weighted by atomic mass is 9.88. The van der Waals surface area contributed by atoms with Gasteiger partial charge in [-0.3, -0.25) is 14.4 Å². The standard InChI is InChI=1S/C28H37N3O4/c1-4-20(2)29-28(34)26(30-27(33)23-11-13-24(35-3)14-12-23)22-16-18-31(19-17-22)25(32)15-10-21-8-6-5-7-9-21/h5-9,11-14,20,22,26H,4,10,15-19H2,1-3H3,(H,29,34)(H,30,33)/t20-,26+/m1/s1. The fourth-order valence-corrected chi connectivity index (χ4v) is 4.34. The second-order valence-corrected chi connectivity index (χ2v) is 9.20. The second kappa shape index (κ2) is 12.9. The van der Waals surface area contributed by atoms with E-state index in [1.165, 1.54) is 0 Å². The van der Waals surface area contributed by atoms with Crippen molar-refractivity contribution in [1.82, 2.24) is 15.5 Å². The summed E-state index contributed by atoms with van der Waals surface area (Å²) in [6.07, 6.45) is 3.33. The van der Waals surface area contributed by atoms with E-state index >= 15 is 0 Å². The predicted molar refractivity (Wildman–Crippen MR) is 136 cm³/mol. The van der Waals surface area contributed by atoms with Crippen LogP contribution in [0.25, 0.3) is 0 Å². The topological polar surface area (TPSA) is 87.7 Å². The molecule has 0 aromatic heterocycles. The summed E-state index contributed by atoms with van der Waals surface area (Å²) in [7, 11) is 1.57. The lowest BCUT2D eigenvalue weighted by molar-refractivity contribution is -0.133. The molecular weight excluding hydrogens is 442 g/mol. The van der Waals surface area contributed by atoms with Crippen LogP contribution in [-0.4, -0.2) is 54.9 Å². The van der Waals surface area contributed by atoms with Crippen LogP contribution in [0.1, 0.15) is 55.5 Å². The highest BCUT2D eigenvalue weighted by Crippen LogP contribution is 2.23. The number of nitrogens with one attached hydrogen (secondary N) is 2. The number of methoxy groups -OCH3 is 1. The van der Waals surface area contributed by atoms with Gasteiger partial charge in [-0.15, -0.1) is 0 Å². The first-order valence-electron chi connectivity index (χ1n) is 12.5. The van der Waals surface area contributed by atoms with Crippen LogP contribution in [0.3, 0.4) is 0 Å². The van der Waals surface area contributed by atoms with Gasteiger partial charge in [-0.2, -0.15) is 0 Å². The zero-order chi connectivity index (χ0) is 25.2. The van der Waals surface area contributed by atoms with Crippen LogP contribution in [0.15, 0.2) is 54.6 Å². The average Bonchev–Trinajstić information content (AvgIpc) is 2.90. The molecule has 2 aromatic carbocycles. The minimum Gasteiger partial charge on any atom is -0.497 e. The second-order valence-electron chi connectivity index (χ2n) is 9.20. The molecular formula is C28H37N3O4. The van der Waals surface area contributed by atoms with Crippen molar-refractivity contribution in [2.45, 2.75) is 58.0 Å². The molecule has 7 nitrogen and oxygen atoms in total. The third-order valence-corrected chi connectivity index (χ3v) is 6.76. The smallest absolute Gasteiger partial charge is 0.251 e. The van der Waals surface area contributed by atoms with Crippen LogP contribution in [0.4, 0.5) is 0 Å². The molecule has 0 bridgehead atoms. The summed E-state index contributed by atoms with van der Waals surface area (Å²) in [6, 6.07) is 16.2. The van der Waals surface area contributed by atoms with Crippen molar-refractivity contribution < 1.29 is 19.1 Å². The Morgan fingerprint density at radius 1 is 1.00 bits per heavy atom. The van der Waals surface area contributed by atoms with E-state index in [1.54, 1.807) is 31.4 Å². The van der Waals surface area contributed by atoms with E-state index in [-0.39, 0.29) is 29.7 Å². The quantitative estimate of drug-likeness (QED) is 0.545. The Kier molecular flexibility index (Phi) is 9.70. The molecule has 0 saturated carbocycles. The number of rotatable bonds is 10. The van der Waals surface area contributed by atoms with E-state index in [0.717, 1.165) is 18.4 Å². The number of benzene rings is 2. The number of carbonyl (C=O) groups is 3. The van der Waals surface area contributed by atoms with E-state index in [2.05, 4.69) is 10.6 Å². The van der Waals surface area contributed by atoms with E-state index in [9.17, 15) is 14.4 Å². The molecule has 0 aliphatic carbocycles. The third kappa shape index (κ3) is 7.57. The van der Waals surface area contributed by atoms with Crippen molar-refractivity contribution in [2.75, 3.05) is 20.2 Å². The summed E-state index contributed by atoms with van der Waals surface area (Å²) in [5.41, 5.74) is 1.62. The van der Waals surface area contributed by atoms with Crippen molar-refractivity contribution in [3.8, 4) is 5.75 Å². The highest BCUT2D eigenvalue weighted by Gasteiger charge is 2.34. The predicted octanol–water partition coefficient (Wildman–Crippen LogP) is 3.58. The Labute approximate surface area is 208 Å². The van der Waals surface area contributed by atoms with Crippen LogP contribution in [0.2, 0.25) is 0 Å². The summed E-state index contributed by atoms with van der Waals surface area (Å²) < 4.78 is 5.16. The first-order chi connectivity index (χ1) is 16.9. The molecule has 3 amide bonds. The SMILES string of the molecule is CC[C@@H](C)NC(=O)[C@@H](NC(=O)c1ccc(OC)cc1)C1CCN(C(=O)CCc2ccccc2)CC1. The monoisotopic (exact) mass is 479 g/mol. The maximum absolute atomic E-state index is 13.1. The maximum Gasteiger partial charge on any atom is 0.251 e. The van der Waals surface area contributed by atoms with Crippen LogP contribution in [0, 0.1) is 5.92 Å². The maximum atomic E-state index is 13.1. The van der Waals surface area contributed by atoms with Crippen molar-refractivity contribution >= 4 is 17.7 Å². The summed E-state index contributed by atoms with van der Waals surface area (Å²) >= 11 is 0. The zero-order valence-corrected chi connectivity index (χ0v) is 21.0. The summed E-state index contributed by atoms with van der Waals surface area (Å²) in [4.78, 5) is 40.7. The van der Waals surface area contributed by atoms with Gasteiger partial charge in [0.15, 0.2) is 0 Å². The number of aryl methyl sites for hydroxylation is 1. The average molecular weight is 480 g/mol. The van der Waals surface area contributed by atoms with Gasteiger partial charge in [0.05, 0.1) is 7.11 Å². The highest BCUT2D eigenvalue weighted by molar-refractivity contribution is 5.97. The van der Waals surface area contributed by atoms with Gasteiger partial charge >= 0.3 is 0 Å². The van der Waals surface area contributed by atoms with Crippen molar-refractivity contribution in [2.24, 2.45) is 5.92 Å². The molecule has 0 radical (unpaired) electrons. The molecule has 2 aromatic rings. The molecule has 2 atom stereocenters. The Morgan fingerprint density at radius 3 is 2.26 bits per heavy atom. The van der Waals surface area contributed by atoms with Gasteiger partial charge in [-0.05, 0) is 68.4 Å². The molecule has 188 valence electrons. The number of carbonyl (C=O) groups excluding carboxylic acids is 3. The number of likely N-dealkylation sites (tertiary alicyclic amines) is 1. The number of piperidine rings is 1. The minimum absolute atomic E-state index is 0.0162. The first-order valence-corrected chi connectivity index (χ1v) is 12.5. The van der Waals surface area contributed by atoms with Gasteiger partial charge < -0.3 is 20.3 Å². The Morgan fingerprint density at radius 2 is 1.66 bits per heavy atom. The van der Waals surface area contributed by atoms with Gasteiger partial charge in [0.25, 0.3) is 5.91 Å². The van der Waals surface area contributed by atoms with Gasteiger partial charge in [-0.25, -0.2) is 0 Å². The molecule has 1 aliphatic rings. The van der Waals surface area contributed by atoms with Gasteiger partial charge in [-0.1, -0.05) is 37.3 Å². The van der Waals surface area contributed by atoms with Crippen molar-refractivity contribution in [3.05, 3.63) is 65.7 Å². The van der Waals surface area contributed by atoms with Crippen LogP contribution in [0.5, 0.6) is 5.75 Å². The number of hydrogen-bond donors (Lipinski definition) is 2.